The molecule has 21 heavy (non-hydrogen) atoms. The number of pyridine rings is 1. The first-order chi connectivity index (χ1) is 10.1. The maximum Gasteiger partial charge on any atom is 0.190 e. The molecule has 6 heteroatoms. The third-order valence-electron chi connectivity index (χ3n) is 3.18. The Hall–Kier alpha value is -2.00. The van der Waals surface area contributed by atoms with Crippen molar-refractivity contribution in [3.05, 3.63) is 59.3 Å². The van der Waals surface area contributed by atoms with E-state index in [0.29, 0.717) is 0 Å². The number of rotatable bonds is 3. The van der Waals surface area contributed by atoms with Crippen molar-refractivity contribution in [2.24, 2.45) is 0 Å². The summed E-state index contributed by atoms with van der Waals surface area (Å²) in [5, 5.41) is 9.32. The Balaban J connectivity index is 2.21. The Labute approximate surface area is 125 Å². The van der Waals surface area contributed by atoms with Gasteiger partial charge in [0.15, 0.2) is 8.22 Å². The molecular weight excluding hydrogens is 281 g/mol. The van der Waals surface area contributed by atoms with E-state index in [-0.39, 0.29) is 0 Å². The molecule has 0 aliphatic heterocycles. The van der Waals surface area contributed by atoms with Crippen molar-refractivity contribution in [1.82, 2.24) is 24.1 Å². The first-order valence-electron chi connectivity index (χ1n) is 6.84. The number of hydrogen-bond donors (Lipinski definition) is 0. The van der Waals surface area contributed by atoms with Gasteiger partial charge in [0.25, 0.3) is 0 Å². The van der Waals surface area contributed by atoms with Gasteiger partial charge in [-0.05, 0) is 52.0 Å². The molecule has 0 spiro atoms. The van der Waals surface area contributed by atoms with E-state index in [1.165, 1.54) is 0 Å². The standard InChI is InChI=1S/C15H18N5P/c1-11-9-13(3)19(17-11)21(15-7-5-6-8-16-15)20-14(4)10-12(2)18-20/h5-10H,1-4H3. The predicted octanol–water partition coefficient (Wildman–Crippen LogP) is 2.74. The molecule has 3 rings (SSSR count). The van der Waals surface area contributed by atoms with Crippen LogP contribution in [0, 0.1) is 27.7 Å². The summed E-state index contributed by atoms with van der Waals surface area (Å²) in [6.07, 6.45) is 1.82. The Bertz CT molecular complexity index is 713. The molecule has 0 fully saturated rings. The number of hydrogen-bond acceptors (Lipinski definition) is 3. The zero-order valence-corrected chi connectivity index (χ0v) is 13.5. The van der Waals surface area contributed by atoms with Crippen molar-refractivity contribution in [3.63, 3.8) is 0 Å². The molecule has 0 saturated carbocycles. The van der Waals surface area contributed by atoms with Crippen LogP contribution in [0.25, 0.3) is 0 Å². The van der Waals surface area contributed by atoms with Crippen LogP contribution in [-0.2, 0) is 0 Å². The third-order valence-corrected chi connectivity index (χ3v) is 5.39. The summed E-state index contributed by atoms with van der Waals surface area (Å²) in [6, 6.07) is 10.2. The highest BCUT2D eigenvalue weighted by Gasteiger charge is 2.23. The van der Waals surface area contributed by atoms with Crippen LogP contribution in [0.2, 0.25) is 0 Å². The van der Waals surface area contributed by atoms with Crippen LogP contribution in [0.3, 0.4) is 0 Å². The second-order valence-corrected chi connectivity index (χ2v) is 6.91. The highest BCUT2D eigenvalue weighted by molar-refractivity contribution is 7.62. The number of aryl methyl sites for hydroxylation is 4. The highest BCUT2D eigenvalue weighted by atomic mass is 31.1. The van der Waals surface area contributed by atoms with Crippen LogP contribution in [0.5, 0.6) is 0 Å². The lowest BCUT2D eigenvalue weighted by Gasteiger charge is -2.19. The molecule has 0 aromatic carbocycles. The highest BCUT2D eigenvalue weighted by Crippen LogP contribution is 2.38. The van der Waals surface area contributed by atoms with Gasteiger partial charge >= 0.3 is 0 Å². The van der Waals surface area contributed by atoms with E-state index in [9.17, 15) is 0 Å². The Morgan fingerprint density at radius 2 is 1.43 bits per heavy atom. The molecule has 0 aliphatic rings. The quantitative estimate of drug-likeness (QED) is 0.699. The summed E-state index contributed by atoms with van der Waals surface area (Å²) >= 11 is 0. The van der Waals surface area contributed by atoms with Crippen LogP contribution < -0.4 is 5.44 Å². The van der Waals surface area contributed by atoms with Crippen LogP contribution in [-0.4, -0.2) is 24.1 Å². The molecule has 3 aromatic rings. The van der Waals surface area contributed by atoms with Crippen LogP contribution in [0.4, 0.5) is 0 Å². The maximum absolute atomic E-state index is 4.66. The van der Waals surface area contributed by atoms with Gasteiger partial charge in [0.05, 0.1) is 11.4 Å². The monoisotopic (exact) mass is 299 g/mol. The molecule has 0 saturated heterocycles. The Kier molecular flexibility index (Phi) is 3.60. The zero-order chi connectivity index (χ0) is 15.0. The van der Waals surface area contributed by atoms with E-state index in [1.54, 1.807) is 0 Å². The molecule has 5 nitrogen and oxygen atoms in total. The van der Waals surface area contributed by atoms with Crippen molar-refractivity contribution in [3.8, 4) is 0 Å². The molecule has 3 heterocycles. The lowest BCUT2D eigenvalue weighted by atomic mass is 10.4. The first-order valence-corrected chi connectivity index (χ1v) is 8.09. The zero-order valence-electron chi connectivity index (χ0n) is 12.6. The van der Waals surface area contributed by atoms with Crippen LogP contribution in [0.15, 0.2) is 36.5 Å². The van der Waals surface area contributed by atoms with Crippen molar-refractivity contribution in [2.75, 3.05) is 0 Å². The van der Waals surface area contributed by atoms with Gasteiger partial charge in [0.2, 0.25) is 0 Å². The first kappa shape index (κ1) is 14.0. The molecule has 0 N–H and O–H groups in total. The molecule has 0 aliphatic carbocycles. The predicted molar refractivity (Wildman–Crippen MR) is 85.0 cm³/mol. The molecular formula is C15H18N5P. The van der Waals surface area contributed by atoms with E-state index >= 15 is 0 Å². The second kappa shape index (κ2) is 5.41. The lowest BCUT2D eigenvalue weighted by molar-refractivity contribution is 0.859. The van der Waals surface area contributed by atoms with Crippen molar-refractivity contribution in [1.29, 1.82) is 0 Å². The minimum Gasteiger partial charge on any atom is -0.253 e. The van der Waals surface area contributed by atoms with Gasteiger partial charge in [-0.25, -0.2) is 8.90 Å². The fourth-order valence-electron chi connectivity index (χ4n) is 2.36. The fraction of sp³-hybridized carbons (Fsp3) is 0.267. The number of nitrogens with zero attached hydrogens (tertiary/aromatic N) is 5. The Morgan fingerprint density at radius 3 is 1.81 bits per heavy atom. The van der Waals surface area contributed by atoms with Gasteiger partial charge < -0.3 is 0 Å². The summed E-state index contributed by atoms with van der Waals surface area (Å²) in [5.74, 6) is 0. The van der Waals surface area contributed by atoms with Gasteiger partial charge in [-0.1, -0.05) is 6.07 Å². The van der Waals surface area contributed by atoms with Gasteiger partial charge in [0, 0.05) is 17.6 Å². The summed E-state index contributed by atoms with van der Waals surface area (Å²) < 4.78 is 4.10. The average molecular weight is 299 g/mol. The van der Waals surface area contributed by atoms with Gasteiger partial charge in [-0.15, -0.1) is 0 Å². The summed E-state index contributed by atoms with van der Waals surface area (Å²) in [7, 11) is -0.946. The maximum atomic E-state index is 4.66. The van der Waals surface area contributed by atoms with Gasteiger partial charge in [0.1, 0.15) is 5.44 Å². The smallest absolute Gasteiger partial charge is 0.190 e. The van der Waals surface area contributed by atoms with Crippen LogP contribution in [0.1, 0.15) is 22.8 Å². The van der Waals surface area contributed by atoms with E-state index < -0.39 is 8.22 Å². The molecule has 108 valence electrons. The van der Waals surface area contributed by atoms with E-state index in [0.717, 1.165) is 28.2 Å². The molecule has 0 radical (unpaired) electrons. The molecule has 3 aromatic heterocycles. The minimum atomic E-state index is -0.946. The fourth-order valence-corrected chi connectivity index (χ4v) is 4.47. The SMILES string of the molecule is Cc1cc(C)n(P(c2ccccn2)n2nc(C)cc2C)n1. The Morgan fingerprint density at radius 1 is 0.857 bits per heavy atom. The number of aromatic nitrogens is 5. The normalized spacial score (nSPS) is 11.3. The van der Waals surface area contributed by atoms with Crippen molar-refractivity contribution >= 4 is 13.7 Å². The average Bonchev–Trinajstić information content (AvgIpc) is 2.94. The lowest BCUT2D eigenvalue weighted by Crippen LogP contribution is -2.19. The van der Waals surface area contributed by atoms with Crippen LogP contribution >= 0.6 is 8.22 Å². The molecule has 0 amide bonds. The second-order valence-electron chi connectivity index (χ2n) is 5.11. The van der Waals surface area contributed by atoms with E-state index in [1.807, 2.05) is 47.1 Å². The molecule has 0 bridgehead atoms. The summed E-state index contributed by atoms with van der Waals surface area (Å²) in [6.45, 7) is 8.17. The minimum absolute atomic E-state index is 0.946. The molecule has 0 atom stereocenters. The summed E-state index contributed by atoms with van der Waals surface area (Å²) in [5.41, 5.74) is 5.26. The third kappa shape index (κ3) is 2.61. The topological polar surface area (TPSA) is 48.5 Å². The largest absolute Gasteiger partial charge is 0.253 e. The van der Waals surface area contributed by atoms with E-state index in [2.05, 4.69) is 41.2 Å². The molecule has 0 unspecified atom stereocenters. The van der Waals surface area contributed by atoms with Gasteiger partial charge in [-0.3, -0.25) is 4.98 Å². The summed E-state index contributed by atoms with van der Waals surface area (Å²) in [4.78, 5) is 4.54. The van der Waals surface area contributed by atoms with Crippen molar-refractivity contribution in [2.45, 2.75) is 27.7 Å². The van der Waals surface area contributed by atoms with Gasteiger partial charge in [-0.2, -0.15) is 10.2 Å². The van der Waals surface area contributed by atoms with Crippen molar-refractivity contribution < 1.29 is 0 Å². The van der Waals surface area contributed by atoms with E-state index in [4.69, 9.17) is 0 Å².